The molecule has 0 bridgehead atoms. The molecule has 0 aromatic rings. The van der Waals surface area contributed by atoms with Gasteiger partial charge < -0.3 is 26.4 Å². The first-order valence-electron chi connectivity index (χ1n) is 5.20. The van der Waals surface area contributed by atoms with Crippen LogP contribution in [0.1, 0.15) is 13.8 Å². The predicted molar refractivity (Wildman–Crippen MR) is 65.6 cm³/mol. The third-order valence-electron chi connectivity index (χ3n) is 1.51. The standard InChI is InChI=1S/C6H12N2.C2H8N2.C2H4O2/c1-3-8-5-4-7(2)6-8;3-1-2-4;1-2(3)4/h4-5H,3,6H2,1-2H3;1-4H2;1H3,(H,3,4). The largest absolute Gasteiger partial charge is 0.481 e. The van der Waals surface area contributed by atoms with Gasteiger partial charge in [0, 0.05) is 46.0 Å². The molecule has 0 aromatic carbocycles. The molecule has 0 fully saturated rings. The second-order valence-electron chi connectivity index (χ2n) is 3.20. The number of rotatable bonds is 2. The van der Waals surface area contributed by atoms with Crippen LogP contribution in [0.4, 0.5) is 0 Å². The monoisotopic (exact) mass is 232 g/mol. The lowest BCUT2D eigenvalue weighted by Gasteiger charge is -2.14. The molecule has 1 heterocycles. The average molecular weight is 232 g/mol. The fourth-order valence-corrected chi connectivity index (χ4v) is 0.794. The quantitative estimate of drug-likeness (QED) is 0.604. The minimum Gasteiger partial charge on any atom is -0.481 e. The van der Waals surface area contributed by atoms with E-state index in [2.05, 4.69) is 36.2 Å². The zero-order chi connectivity index (χ0) is 13.0. The summed E-state index contributed by atoms with van der Waals surface area (Å²) in [6, 6.07) is 0. The van der Waals surface area contributed by atoms with Gasteiger partial charge in [-0.05, 0) is 6.92 Å². The number of nitrogens with two attached hydrogens (primary N) is 2. The second kappa shape index (κ2) is 11.8. The first-order valence-corrected chi connectivity index (χ1v) is 5.20. The molecule has 1 rings (SSSR count). The molecule has 5 N–H and O–H groups in total. The van der Waals surface area contributed by atoms with E-state index in [1.54, 1.807) is 0 Å². The van der Waals surface area contributed by atoms with Crippen molar-refractivity contribution in [3.63, 3.8) is 0 Å². The van der Waals surface area contributed by atoms with E-state index in [9.17, 15) is 0 Å². The first kappa shape index (κ1) is 17.1. The summed E-state index contributed by atoms with van der Waals surface area (Å²) in [6.45, 7) is 6.60. The van der Waals surface area contributed by atoms with E-state index < -0.39 is 5.97 Å². The van der Waals surface area contributed by atoms with Crippen molar-refractivity contribution >= 4 is 5.97 Å². The lowest BCUT2D eigenvalue weighted by Crippen LogP contribution is -2.21. The van der Waals surface area contributed by atoms with Crippen molar-refractivity contribution in [2.45, 2.75) is 13.8 Å². The molecule has 0 radical (unpaired) electrons. The van der Waals surface area contributed by atoms with Crippen LogP contribution in [0.5, 0.6) is 0 Å². The van der Waals surface area contributed by atoms with E-state index in [1.807, 2.05) is 0 Å². The van der Waals surface area contributed by atoms with Gasteiger partial charge in [-0.2, -0.15) is 0 Å². The Hall–Kier alpha value is -1.27. The van der Waals surface area contributed by atoms with Crippen molar-refractivity contribution in [1.82, 2.24) is 9.80 Å². The van der Waals surface area contributed by atoms with Gasteiger partial charge in [-0.15, -0.1) is 0 Å². The van der Waals surface area contributed by atoms with E-state index in [1.165, 1.54) is 0 Å². The molecule has 0 unspecified atom stereocenters. The summed E-state index contributed by atoms with van der Waals surface area (Å²) >= 11 is 0. The van der Waals surface area contributed by atoms with Crippen LogP contribution in [-0.4, -0.2) is 54.2 Å². The normalized spacial score (nSPS) is 12.6. The van der Waals surface area contributed by atoms with Gasteiger partial charge >= 0.3 is 0 Å². The van der Waals surface area contributed by atoms with Crippen molar-refractivity contribution < 1.29 is 9.90 Å². The fourth-order valence-electron chi connectivity index (χ4n) is 0.794. The highest BCUT2D eigenvalue weighted by molar-refractivity contribution is 5.62. The summed E-state index contributed by atoms with van der Waals surface area (Å²) in [4.78, 5) is 13.4. The topological polar surface area (TPSA) is 95.8 Å². The maximum Gasteiger partial charge on any atom is 0.300 e. The van der Waals surface area contributed by atoms with Gasteiger partial charge in [-0.25, -0.2) is 0 Å². The zero-order valence-corrected chi connectivity index (χ0v) is 10.4. The second-order valence-corrected chi connectivity index (χ2v) is 3.20. The van der Waals surface area contributed by atoms with Gasteiger partial charge in [0.25, 0.3) is 5.97 Å². The van der Waals surface area contributed by atoms with Crippen LogP contribution in [0.2, 0.25) is 0 Å². The maximum absolute atomic E-state index is 9.00. The number of carbonyl (C=O) groups is 1. The molecule has 6 heteroatoms. The van der Waals surface area contributed by atoms with E-state index in [4.69, 9.17) is 21.4 Å². The highest BCUT2D eigenvalue weighted by atomic mass is 16.4. The number of aliphatic carboxylic acids is 1. The number of nitrogens with zero attached hydrogens (tertiary/aromatic N) is 2. The Morgan fingerprint density at radius 3 is 1.94 bits per heavy atom. The van der Waals surface area contributed by atoms with Gasteiger partial charge in [0.1, 0.15) is 0 Å². The molecule has 0 spiro atoms. The molecule has 0 saturated heterocycles. The fraction of sp³-hybridized carbons (Fsp3) is 0.700. The van der Waals surface area contributed by atoms with E-state index in [0.29, 0.717) is 13.1 Å². The Bertz CT molecular complexity index is 191. The SMILES string of the molecule is CC(=O)O.CCN1C=CN(C)C1.NCCN. The van der Waals surface area contributed by atoms with E-state index in [-0.39, 0.29) is 0 Å². The zero-order valence-electron chi connectivity index (χ0n) is 10.4. The summed E-state index contributed by atoms with van der Waals surface area (Å²) < 4.78 is 0. The van der Waals surface area contributed by atoms with Crippen LogP contribution < -0.4 is 11.5 Å². The molecule has 0 saturated carbocycles. The summed E-state index contributed by atoms with van der Waals surface area (Å²) in [7, 11) is 2.08. The third-order valence-corrected chi connectivity index (χ3v) is 1.51. The van der Waals surface area contributed by atoms with E-state index >= 15 is 0 Å². The van der Waals surface area contributed by atoms with Gasteiger partial charge in [-0.1, -0.05) is 0 Å². The Morgan fingerprint density at radius 1 is 1.38 bits per heavy atom. The van der Waals surface area contributed by atoms with Crippen molar-refractivity contribution in [2.75, 3.05) is 33.4 Å². The van der Waals surface area contributed by atoms with Crippen molar-refractivity contribution in [3.8, 4) is 0 Å². The summed E-state index contributed by atoms with van der Waals surface area (Å²) in [5, 5.41) is 7.42. The smallest absolute Gasteiger partial charge is 0.300 e. The average Bonchev–Trinajstić information content (AvgIpc) is 2.64. The van der Waals surface area contributed by atoms with Crippen LogP contribution in [0.15, 0.2) is 12.4 Å². The van der Waals surface area contributed by atoms with Gasteiger partial charge in [0.2, 0.25) is 0 Å². The molecule has 0 aromatic heterocycles. The third kappa shape index (κ3) is 15.2. The van der Waals surface area contributed by atoms with Gasteiger partial charge in [0.05, 0.1) is 6.67 Å². The predicted octanol–water partition coefficient (Wildman–Crippen LogP) is -0.323. The lowest BCUT2D eigenvalue weighted by atomic mass is 10.6. The molecule has 0 atom stereocenters. The molecule has 96 valence electrons. The molecule has 0 amide bonds. The lowest BCUT2D eigenvalue weighted by molar-refractivity contribution is -0.134. The highest BCUT2D eigenvalue weighted by Crippen LogP contribution is 2.00. The summed E-state index contributed by atoms with van der Waals surface area (Å²) in [6.07, 6.45) is 4.20. The number of carboxylic acid groups (broad SMARTS) is 1. The van der Waals surface area contributed by atoms with Crippen molar-refractivity contribution in [2.24, 2.45) is 11.5 Å². The summed E-state index contributed by atoms with van der Waals surface area (Å²) in [5.74, 6) is -0.833. The molecule has 1 aliphatic heterocycles. The Morgan fingerprint density at radius 2 is 1.81 bits per heavy atom. The Kier molecular flexibility index (Phi) is 12.6. The van der Waals surface area contributed by atoms with Crippen LogP contribution in [0.3, 0.4) is 0 Å². The first-order chi connectivity index (χ1) is 7.47. The maximum atomic E-state index is 9.00. The minimum atomic E-state index is -0.833. The molecular formula is C10H24N4O2. The Labute approximate surface area is 97.5 Å². The molecule has 16 heavy (non-hydrogen) atoms. The molecule has 1 aliphatic rings. The highest BCUT2D eigenvalue weighted by Gasteiger charge is 2.03. The van der Waals surface area contributed by atoms with Crippen LogP contribution in [0, 0.1) is 0 Å². The van der Waals surface area contributed by atoms with Crippen LogP contribution in [-0.2, 0) is 4.79 Å². The summed E-state index contributed by atoms with van der Waals surface area (Å²) in [5.41, 5.74) is 9.81. The number of hydrogen-bond acceptors (Lipinski definition) is 5. The molecule has 6 nitrogen and oxygen atoms in total. The van der Waals surface area contributed by atoms with Gasteiger partial charge in [0.15, 0.2) is 0 Å². The van der Waals surface area contributed by atoms with Crippen molar-refractivity contribution in [3.05, 3.63) is 12.4 Å². The van der Waals surface area contributed by atoms with Crippen LogP contribution >= 0.6 is 0 Å². The van der Waals surface area contributed by atoms with E-state index in [0.717, 1.165) is 20.1 Å². The Balaban J connectivity index is 0. The van der Waals surface area contributed by atoms with Crippen molar-refractivity contribution in [1.29, 1.82) is 0 Å². The molecule has 0 aliphatic carbocycles. The number of hydrogen-bond donors (Lipinski definition) is 3. The molecular weight excluding hydrogens is 208 g/mol. The number of carboxylic acids is 1. The van der Waals surface area contributed by atoms with Crippen LogP contribution in [0.25, 0.3) is 0 Å². The van der Waals surface area contributed by atoms with Gasteiger partial charge in [-0.3, -0.25) is 4.79 Å². The minimum absolute atomic E-state index is 0.597.